The van der Waals surface area contributed by atoms with Gasteiger partial charge in [-0.25, -0.2) is 4.39 Å². The first-order chi connectivity index (χ1) is 11.5. The third-order valence-electron chi connectivity index (χ3n) is 4.03. The number of likely N-dealkylation sites (N-methyl/N-ethyl adjacent to an activating group) is 1. The monoisotopic (exact) mass is 327 g/mol. The molecule has 1 aliphatic rings. The molecule has 3 rings (SSSR count). The van der Waals surface area contributed by atoms with Gasteiger partial charge >= 0.3 is 0 Å². The zero-order chi connectivity index (χ0) is 17.3. The van der Waals surface area contributed by atoms with Crippen molar-refractivity contribution < 1.29 is 14.0 Å². The van der Waals surface area contributed by atoms with E-state index in [9.17, 15) is 14.0 Å². The minimum atomic E-state index is -0.293. The van der Waals surface area contributed by atoms with E-state index >= 15 is 0 Å². The number of nitrogens with zero attached hydrogens (tertiary/aromatic N) is 2. The SMILES string of the molecule is CCNC(=O)CN1C(=O)Cc2ncc(-c3ccc(F)cc3C)cc21. The predicted octanol–water partition coefficient (Wildman–Crippen LogP) is 2.22. The molecule has 6 heteroatoms. The summed E-state index contributed by atoms with van der Waals surface area (Å²) in [4.78, 5) is 29.8. The smallest absolute Gasteiger partial charge is 0.240 e. The number of nitrogens with one attached hydrogen (secondary N) is 1. The quantitative estimate of drug-likeness (QED) is 0.936. The molecule has 5 nitrogen and oxygen atoms in total. The third-order valence-corrected chi connectivity index (χ3v) is 4.03. The van der Waals surface area contributed by atoms with Crippen molar-refractivity contribution in [2.75, 3.05) is 18.0 Å². The van der Waals surface area contributed by atoms with Crippen molar-refractivity contribution in [3.8, 4) is 11.1 Å². The Kier molecular flexibility index (Phi) is 4.29. The average molecular weight is 327 g/mol. The fourth-order valence-electron chi connectivity index (χ4n) is 2.89. The van der Waals surface area contributed by atoms with Crippen molar-refractivity contribution in [3.63, 3.8) is 0 Å². The summed E-state index contributed by atoms with van der Waals surface area (Å²) in [6.45, 7) is 4.14. The van der Waals surface area contributed by atoms with E-state index in [0.717, 1.165) is 16.7 Å². The number of benzene rings is 1. The summed E-state index contributed by atoms with van der Waals surface area (Å²) in [5, 5.41) is 2.69. The standard InChI is InChI=1S/C18H18FN3O2/c1-3-20-17(23)10-22-16-7-12(9-21-15(16)8-18(22)24)14-5-4-13(19)6-11(14)2/h4-7,9H,3,8,10H2,1-2H3,(H,20,23). The van der Waals surface area contributed by atoms with Gasteiger partial charge in [0.2, 0.25) is 11.8 Å². The fraction of sp³-hybridized carbons (Fsp3) is 0.278. The molecule has 0 radical (unpaired) electrons. The van der Waals surface area contributed by atoms with E-state index in [1.54, 1.807) is 12.3 Å². The van der Waals surface area contributed by atoms with Crippen LogP contribution in [0.15, 0.2) is 30.5 Å². The molecular formula is C18H18FN3O2. The summed E-state index contributed by atoms with van der Waals surface area (Å²) >= 11 is 0. The highest BCUT2D eigenvalue weighted by Crippen LogP contribution is 2.32. The fourth-order valence-corrected chi connectivity index (χ4v) is 2.89. The molecule has 1 aromatic carbocycles. The number of pyridine rings is 1. The third kappa shape index (κ3) is 2.99. The van der Waals surface area contributed by atoms with Crippen LogP contribution in [-0.4, -0.2) is 29.9 Å². The second-order valence-electron chi connectivity index (χ2n) is 5.76. The molecule has 0 bridgehead atoms. The van der Waals surface area contributed by atoms with Crippen molar-refractivity contribution in [1.29, 1.82) is 0 Å². The van der Waals surface area contributed by atoms with E-state index in [1.807, 2.05) is 19.9 Å². The van der Waals surface area contributed by atoms with Crippen molar-refractivity contribution in [1.82, 2.24) is 10.3 Å². The van der Waals surface area contributed by atoms with Crippen LogP contribution in [-0.2, 0) is 16.0 Å². The predicted molar refractivity (Wildman–Crippen MR) is 89.1 cm³/mol. The van der Waals surface area contributed by atoms with E-state index in [4.69, 9.17) is 0 Å². The maximum atomic E-state index is 13.3. The Labute approximate surface area is 139 Å². The molecule has 0 atom stereocenters. The van der Waals surface area contributed by atoms with Gasteiger partial charge in [0, 0.05) is 18.3 Å². The van der Waals surface area contributed by atoms with Crippen molar-refractivity contribution in [2.24, 2.45) is 0 Å². The number of amides is 2. The van der Waals surface area contributed by atoms with Crippen molar-refractivity contribution in [2.45, 2.75) is 20.3 Å². The molecule has 1 N–H and O–H groups in total. The van der Waals surface area contributed by atoms with Gasteiger partial charge in [0.1, 0.15) is 12.4 Å². The molecule has 1 aromatic heterocycles. The summed E-state index contributed by atoms with van der Waals surface area (Å²) in [5.41, 5.74) is 3.74. The number of halogens is 1. The normalized spacial score (nSPS) is 13.1. The van der Waals surface area contributed by atoms with Gasteiger partial charge in [-0.3, -0.25) is 14.6 Å². The highest BCUT2D eigenvalue weighted by Gasteiger charge is 2.30. The first-order valence-electron chi connectivity index (χ1n) is 7.82. The largest absolute Gasteiger partial charge is 0.355 e. The minimum absolute atomic E-state index is 0.0206. The molecule has 0 spiro atoms. The first kappa shape index (κ1) is 16.1. The number of carbonyl (C=O) groups excluding carboxylic acids is 2. The van der Waals surface area contributed by atoms with Crippen LogP contribution in [0.25, 0.3) is 11.1 Å². The number of carbonyl (C=O) groups is 2. The van der Waals surface area contributed by atoms with Crippen LogP contribution in [0.1, 0.15) is 18.2 Å². The molecule has 0 fully saturated rings. The lowest BCUT2D eigenvalue weighted by molar-refractivity contribution is -0.123. The van der Waals surface area contributed by atoms with Crippen molar-refractivity contribution >= 4 is 17.5 Å². The maximum absolute atomic E-state index is 13.3. The van der Waals surface area contributed by atoms with Gasteiger partial charge in [0.15, 0.2) is 0 Å². The number of anilines is 1. The summed E-state index contributed by atoms with van der Waals surface area (Å²) in [6.07, 6.45) is 1.87. The topological polar surface area (TPSA) is 62.3 Å². The highest BCUT2D eigenvalue weighted by molar-refractivity contribution is 6.05. The van der Waals surface area contributed by atoms with Gasteiger partial charge in [-0.1, -0.05) is 6.07 Å². The molecule has 0 unspecified atom stereocenters. The van der Waals surface area contributed by atoms with Crippen molar-refractivity contribution in [3.05, 3.63) is 47.5 Å². The lowest BCUT2D eigenvalue weighted by atomic mass is 10.0. The Morgan fingerprint density at radius 2 is 2.17 bits per heavy atom. The Hall–Kier alpha value is -2.76. The van der Waals surface area contributed by atoms with Crippen LogP contribution in [0.5, 0.6) is 0 Å². The molecule has 0 saturated carbocycles. The van der Waals surface area contributed by atoms with E-state index < -0.39 is 0 Å². The summed E-state index contributed by atoms with van der Waals surface area (Å²) in [6, 6.07) is 6.39. The lowest BCUT2D eigenvalue weighted by Crippen LogP contribution is -2.38. The first-order valence-corrected chi connectivity index (χ1v) is 7.82. The van der Waals surface area contributed by atoms with E-state index in [2.05, 4.69) is 10.3 Å². The van der Waals surface area contributed by atoms with Gasteiger partial charge in [-0.05, 0) is 43.2 Å². The number of aryl methyl sites for hydroxylation is 1. The molecule has 2 amide bonds. The Balaban J connectivity index is 1.96. The zero-order valence-electron chi connectivity index (χ0n) is 13.6. The van der Waals surface area contributed by atoms with Crippen LogP contribution in [0.4, 0.5) is 10.1 Å². The van der Waals surface area contributed by atoms with Gasteiger partial charge in [-0.15, -0.1) is 0 Å². The number of hydrogen-bond acceptors (Lipinski definition) is 3. The summed E-state index contributed by atoms with van der Waals surface area (Å²) in [7, 11) is 0. The number of aromatic nitrogens is 1. The number of hydrogen-bond donors (Lipinski definition) is 1. The number of fused-ring (bicyclic) bond motifs is 1. The van der Waals surface area contributed by atoms with Gasteiger partial charge in [-0.2, -0.15) is 0 Å². The number of rotatable bonds is 4. The Morgan fingerprint density at radius 3 is 2.88 bits per heavy atom. The van der Waals surface area contributed by atoms with Crippen LogP contribution < -0.4 is 10.2 Å². The van der Waals surface area contributed by atoms with Crippen LogP contribution in [0.3, 0.4) is 0 Å². The molecule has 124 valence electrons. The highest BCUT2D eigenvalue weighted by atomic mass is 19.1. The zero-order valence-corrected chi connectivity index (χ0v) is 13.6. The Bertz CT molecular complexity index is 820. The second kappa shape index (κ2) is 6.39. The maximum Gasteiger partial charge on any atom is 0.240 e. The van der Waals surface area contributed by atoms with Crippen LogP contribution >= 0.6 is 0 Å². The van der Waals surface area contributed by atoms with Gasteiger partial charge in [0.05, 0.1) is 17.8 Å². The summed E-state index contributed by atoms with van der Waals surface area (Å²) < 4.78 is 13.3. The molecular weight excluding hydrogens is 309 g/mol. The Morgan fingerprint density at radius 1 is 1.38 bits per heavy atom. The molecule has 0 saturated heterocycles. The summed E-state index contributed by atoms with van der Waals surface area (Å²) in [5.74, 6) is -0.641. The van der Waals surface area contributed by atoms with Crippen LogP contribution in [0, 0.1) is 12.7 Å². The molecule has 2 aromatic rings. The lowest BCUT2D eigenvalue weighted by Gasteiger charge is -2.17. The van der Waals surface area contributed by atoms with Gasteiger partial charge < -0.3 is 10.2 Å². The van der Waals surface area contributed by atoms with E-state index in [0.29, 0.717) is 17.9 Å². The molecule has 24 heavy (non-hydrogen) atoms. The molecule has 1 aliphatic heterocycles. The van der Waals surface area contributed by atoms with E-state index in [-0.39, 0.29) is 30.6 Å². The van der Waals surface area contributed by atoms with Crippen LogP contribution in [0.2, 0.25) is 0 Å². The average Bonchev–Trinajstić information content (AvgIpc) is 2.83. The van der Waals surface area contributed by atoms with E-state index in [1.165, 1.54) is 17.0 Å². The second-order valence-corrected chi connectivity index (χ2v) is 5.76. The molecule has 0 aliphatic carbocycles. The molecule has 2 heterocycles. The minimum Gasteiger partial charge on any atom is -0.355 e. The van der Waals surface area contributed by atoms with Gasteiger partial charge in [0.25, 0.3) is 0 Å².